The molecule has 0 atom stereocenters. The van der Waals surface area contributed by atoms with Crippen molar-refractivity contribution in [1.82, 2.24) is 5.32 Å². The molecule has 0 bridgehead atoms. The number of carbonyl (C=O) groups is 1. The molecule has 2 nitrogen and oxygen atoms in total. The van der Waals surface area contributed by atoms with Crippen LogP contribution in [-0.2, 0) is 4.79 Å². The third kappa shape index (κ3) is 4.27. The summed E-state index contributed by atoms with van der Waals surface area (Å²) in [5, 5.41) is 3.38. The van der Waals surface area contributed by atoms with Crippen molar-refractivity contribution in [3.05, 3.63) is 11.6 Å². The number of ketones is 1. The van der Waals surface area contributed by atoms with Crippen molar-refractivity contribution in [3.8, 4) is 0 Å². The Balaban J connectivity index is 1.73. The number of hydrogen-bond donors (Lipinski definition) is 1. The van der Waals surface area contributed by atoms with Gasteiger partial charge in [-0.05, 0) is 69.5 Å². The first-order chi connectivity index (χ1) is 8.36. The van der Waals surface area contributed by atoms with Gasteiger partial charge < -0.3 is 5.32 Å². The quantitative estimate of drug-likeness (QED) is 0.810. The molecule has 1 aliphatic heterocycles. The number of piperidine rings is 1. The Bertz CT molecular complexity index is 277. The highest BCUT2D eigenvalue weighted by Crippen LogP contribution is 2.22. The van der Waals surface area contributed by atoms with Crippen LogP contribution in [0, 0.1) is 5.92 Å². The van der Waals surface area contributed by atoms with Gasteiger partial charge >= 0.3 is 0 Å². The van der Waals surface area contributed by atoms with Crippen molar-refractivity contribution in [2.75, 3.05) is 13.1 Å². The first-order valence-electron chi connectivity index (χ1n) is 7.29. The van der Waals surface area contributed by atoms with E-state index in [0.29, 0.717) is 5.78 Å². The molecule has 0 aromatic rings. The van der Waals surface area contributed by atoms with Gasteiger partial charge in [0.05, 0.1) is 0 Å². The van der Waals surface area contributed by atoms with Crippen LogP contribution in [-0.4, -0.2) is 18.9 Å². The molecule has 2 heteroatoms. The summed E-state index contributed by atoms with van der Waals surface area (Å²) in [7, 11) is 0. The lowest BCUT2D eigenvalue weighted by molar-refractivity contribution is -0.116. The van der Waals surface area contributed by atoms with E-state index in [1.807, 2.05) is 0 Å². The minimum Gasteiger partial charge on any atom is -0.317 e. The van der Waals surface area contributed by atoms with E-state index in [4.69, 9.17) is 0 Å². The minimum absolute atomic E-state index is 0.436. The van der Waals surface area contributed by atoms with E-state index in [1.54, 1.807) is 0 Å². The van der Waals surface area contributed by atoms with Gasteiger partial charge in [-0.15, -0.1) is 0 Å². The van der Waals surface area contributed by atoms with Crippen molar-refractivity contribution >= 4 is 5.78 Å². The lowest BCUT2D eigenvalue weighted by Crippen LogP contribution is -2.28. The molecule has 1 aliphatic carbocycles. The standard InChI is InChI=1S/C15H25NO/c17-15(14-5-3-1-2-4-6-14)8-7-13-9-11-16-12-10-13/h5,13,16H,1-4,6-12H2. The fourth-order valence-electron chi connectivity index (χ4n) is 2.93. The number of Topliss-reactive ketones (excluding diaryl/α,β-unsaturated/α-hetero) is 1. The Morgan fingerprint density at radius 1 is 1.24 bits per heavy atom. The largest absolute Gasteiger partial charge is 0.317 e. The molecule has 0 spiro atoms. The Labute approximate surface area is 105 Å². The van der Waals surface area contributed by atoms with E-state index in [1.165, 1.54) is 32.1 Å². The minimum atomic E-state index is 0.436. The maximum Gasteiger partial charge on any atom is 0.158 e. The average molecular weight is 235 g/mol. The lowest BCUT2D eigenvalue weighted by atomic mass is 9.90. The molecule has 0 radical (unpaired) electrons. The third-order valence-electron chi connectivity index (χ3n) is 4.14. The van der Waals surface area contributed by atoms with E-state index in [2.05, 4.69) is 11.4 Å². The Morgan fingerprint density at radius 2 is 2.06 bits per heavy atom. The first-order valence-corrected chi connectivity index (χ1v) is 7.29. The summed E-state index contributed by atoms with van der Waals surface area (Å²) in [6.07, 6.45) is 12.5. The second kappa shape index (κ2) is 6.95. The predicted octanol–water partition coefficient (Wildman–Crippen LogP) is 3.23. The molecule has 1 saturated heterocycles. The molecule has 2 aliphatic rings. The Hall–Kier alpha value is -0.630. The number of hydrogen-bond acceptors (Lipinski definition) is 2. The lowest BCUT2D eigenvalue weighted by Gasteiger charge is -2.22. The molecule has 96 valence electrons. The second-order valence-electron chi connectivity index (χ2n) is 5.48. The van der Waals surface area contributed by atoms with Gasteiger partial charge in [0.2, 0.25) is 0 Å². The normalized spacial score (nSPS) is 22.9. The fraction of sp³-hybridized carbons (Fsp3) is 0.800. The van der Waals surface area contributed by atoms with Gasteiger partial charge in [-0.2, -0.15) is 0 Å². The zero-order chi connectivity index (χ0) is 11.9. The molecule has 1 N–H and O–H groups in total. The van der Waals surface area contributed by atoms with E-state index in [0.717, 1.165) is 50.3 Å². The molecule has 0 unspecified atom stereocenters. The van der Waals surface area contributed by atoms with Crippen molar-refractivity contribution < 1.29 is 4.79 Å². The highest BCUT2D eigenvalue weighted by molar-refractivity contribution is 5.95. The maximum atomic E-state index is 12.1. The molecule has 1 fully saturated rings. The third-order valence-corrected chi connectivity index (χ3v) is 4.14. The summed E-state index contributed by atoms with van der Waals surface area (Å²) >= 11 is 0. The second-order valence-corrected chi connectivity index (χ2v) is 5.48. The van der Waals surface area contributed by atoms with Crippen LogP contribution in [0.5, 0.6) is 0 Å². The molecule has 1 heterocycles. The van der Waals surface area contributed by atoms with E-state index in [-0.39, 0.29) is 0 Å². The van der Waals surface area contributed by atoms with Crippen LogP contribution in [0.1, 0.15) is 57.8 Å². The highest BCUT2D eigenvalue weighted by Gasteiger charge is 2.16. The molecule has 2 rings (SSSR count). The SMILES string of the molecule is O=C(CCC1CCNCC1)C1=CCCCCC1. The summed E-state index contributed by atoms with van der Waals surface area (Å²) in [5.41, 5.74) is 1.14. The van der Waals surface area contributed by atoms with Crippen LogP contribution in [0.2, 0.25) is 0 Å². The smallest absolute Gasteiger partial charge is 0.158 e. The van der Waals surface area contributed by atoms with Gasteiger partial charge in [0.25, 0.3) is 0 Å². The van der Waals surface area contributed by atoms with Crippen LogP contribution in [0.15, 0.2) is 11.6 Å². The Morgan fingerprint density at radius 3 is 2.88 bits per heavy atom. The molecular formula is C15H25NO. The van der Waals surface area contributed by atoms with Crippen molar-refractivity contribution in [1.29, 1.82) is 0 Å². The van der Waals surface area contributed by atoms with Gasteiger partial charge in [-0.25, -0.2) is 0 Å². The predicted molar refractivity (Wildman–Crippen MR) is 71.0 cm³/mol. The van der Waals surface area contributed by atoms with Gasteiger partial charge in [-0.1, -0.05) is 12.5 Å². The summed E-state index contributed by atoms with van der Waals surface area (Å²) in [6.45, 7) is 2.28. The number of rotatable bonds is 4. The molecule has 0 aromatic heterocycles. The number of allylic oxidation sites excluding steroid dienone is 2. The monoisotopic (exact) mass is 235 g/mol. The summed E-state index contributed by atoms with van der Waals surface area (Å²) in [6, 6.07) is 0. The number of carbonyl (C=O) groups excluding carboxylic acids is 1. The zero-order valence-corrected chi connectivity index (χ0v) is 10.8. The topological polar surface area (TPSA) is 29.1 Å². The van der Waals surface area contributed by atoms with Crippen LogP contribution in [0.3, 0.4) is 0 Å². The molecule has 0 aromatic carbocycles. The summed E-state index contributed by atoms with van der Waals surface area (Å²) in [5.74, 6) is 1.22. The van der Waals surface area contributed by atoms with E-state index < -0.39 is 0 Å². The highest BCUT2D eigenvalue weighted by atomic mass is 16.1. The summed E-state index contributed by atoms with van der Waals surface area (Å²) < 4.78 is 0. The Kier molecular flexibility index (Phi) is 5.24. The van der Waals surface area contributed by atoms with Gasteiger partial charge in [0.15, 0.2) is 5.78 Å². The van der Waals surface area contributed by atoms with Gasteiger partial charge in [-0.3, -0.25) is 4.79 Å². The van der Waals surface area contributed by atoms with Crippen LogP contribution in [0.25, 0.3) is 0 Å². The molecule has 17 heavy (non-hydrogen) atoms. The van der Waals surface area contributed by atoms with Crippen molar-refractivity contribution in [2.45, 2.75) is 57.8 Å². The van der Waals surface area contributed by atoms with Crippen molar-refractivity contribution in [2.24, 2.45) is 5.92 Å². The average Bonchev–Trinajstić information content (AvgIpc) is 2.66. The van der Waals surface area contributed by atoms with Crippen LogP contribution >= 0.6 is 0 Å². The molecule has 0 amide bonds. The summed E-state index contributed by atoms with van der Waals surface area (Å²) in [4.78, 5) is 12.1. The molecular weight excluding hydrogens is 210 g/mol. The van der Waals surface area contributed by atoms with Gasteiger partial charge in [0, 0.05) is 6.42 Å². The van der Waals surface area contributed by atoms with E-state index in [9.17, 15) is 4.79 Å². The van der Waals surface area contributed by atoms with Crippen LogP contribution < -0.4 is 5.32 Å². The maximum absolute atomic E-state index is 12.1. The van der Waals surface area contributed by atoms with Crippen molar-refractivity contribution in [3.63, 3.8) is 0 Å². The van der Waals surface area contributed by atoms with Crippen LogP contribution in [0.4, 0.5) is 0 Å². The molecule has 0 saturated carbocycles. The fourth-order valence-corrected chi connectivity index (χ4v) is 2.93. The zero-order valence-electron chi connectivity index (χ0n) is 10.8. The van der Waals surface area contributed by atoms with E-state index >= 15 is 0 Å². The number of nitrogens with one attached hydrogen (secondary N) is 1. The first kappa shape index (κ1) is 12.8. The van der Waals surface area contributed by atoms with Gasteiger partial charge in [0.1, 0.15) is 0 Å².